The summed E-state index contributed by atoms with van der Waals surface area (Å²) in [5.41, 5.74) is -0.0555. The van der Waals surface area contributed by atoms with Crippen LogP contribution in [0.3, 0.4) is 0 Å². The number of rotatable bonds is 5. The third-order valence-corrected chi connectivity index (χ3v) is 9.49. The number of hydrogen-bond acceptors (Lipinski definition) is 7. The quantitative estimate of drug-likeness (QED) is 0.531. The highest BCUT2D eigenvalue weighted by Crippen LogP contribution is 2.45. The zero-order chi connectivity index (χ0) is 25.7. The van der Waals surface area contributed by atoms with Gasteiger partial charge in [0.05, 0.1) is 5.39 Å². The molecule has 7 nitrogen and oxygen atoms in total. The van der Waals surface area contributed by atoms with E-state index in [1.54, 1.807) is 17.7 Å². The summed E-state index contributed by atoms with van der Waals surface area (Å²) in [4.78, 5) is 31.4. The van der Waals surface area contributed by atoms with Gasteiger partial charge in [-0.05, 0) is 64.4 Å². The van der Waals surface area contributed by atoms with E-state index in [0.29, 0.717) is 23.3 Å². The third kappa shape index (κ3) is 5.08. The number of carbonyl (C=O) groups is 1. The average Bonchev–Trinajstić information content (AvgIpc) is 3.42. The van der Waals surface area contributed by atoms with Crippen LogP contribution < -0.4 is 4.90 Å². The van der Waals surface area contributed by atoms with Gasteiger partial charge in [-0.2, -0.15) is 0 Å². The first-order valence-corrected chi connectivity index (χ1v) is 14.6. The second-order valence-electron chi connectivity index (χ2n) is 12.6. The molecule has 36 heavy (non-hydrogen) atoms. The molecule has 1 amide bonds. The maximum atomic E-state index is 12.5. The molecule has 2 aromatic rings. The number of nitrogens with zero attached hydrogens (tertiary/aromatic N) is 5. The molecule has 0 saturated carbocycles. The first-order valence-electron chi connectivity index (χ1n) is 13.8. The molecular formula is C28H43N5O2S. The van der Waals surface area contributed by atoms with Crippen LogP contribution in [0.1, 0.15) is 65.7 Å². The molecule has 3 saturated heterocycles. The number of piperidine rings is 1. The van der Waals surface area contributed by atoms with Gasteiger partial charge in [-0.15, -0.1) is 11.3 Å². The molecular weight excluding hydrogens is 470 g/mol. The van der Waals surface area contributed by atoms with Gasteiger partial charge in [-0.3, -0.25) is 4.90 Å². The lowest BCUT2D eigenvalue weighted by atomic mass is 9.73. The number of aromatic nitrogens is 2. The van der Waals surface area contributed by atoms with E-state index in [9.17, 15) is 4.79 Å². The van der Waals surface area contributed by atoms with Crippen molar-refractivity contribution in [1.82, 2.24) is 19.8 Å². The van der Waals surface area contributed by atoms with Gasteiger partial charge in [0, 0.05) is 55.6 Å². The van der Waals surface area contributed by atoms with Crippen molar-refractivity contribution < 1.29 is 9.53 Å². The molecule has 0 aromatic carbocycles. The summed E-state index contributed by atoms with van der Waals surface area (Å²) in [5, 5.41) is 1.23. The molecule has 1 atom stereocenters. The summed E-state index contributed by atoms with van der Waals surface area (Å²) >= 11 is 1.80. The number of aryl methyl sites for hydroxylation is 1. The Labute approximate surface area is 220 Å². The first-order chi connectivity index (χ1) is 17.1. The average molecular weight is 514 g/mol. The Morgan fingerprint density at radius 3 is 2.53 bits per heavy atom. The van der Waals surface area contributed by atoms with Crippen LogP contribution in [0, 0.1) is 17.3 Å². The summed E-state index contributed by atoms with van der Waals surface area (Å²) in [5.74, 6) is 2.37. The van der Waals surface area contributed by atoms with Crippen LogP contribution in [-0.4, -0.2) is 76.8 Å². The topological polar surface area (TPSA) is 61.8 Å². The molecule has 198 valence electrons. The number of amides is 1. The van der Waals surface area contributed by atoms with Crippen LogP contribution in [0.2, 0.25) is 0 Å². The van der Waals surface area contributed by atoms with Crippen molar-refractivity contribution in [3.8, 4) is 0 Å². The van der Waals surface area contributed by atoms with Gasteiger partial charge in [-0.1, -0.05) is 20.8 Å². The largest absolute Gasteiger partial charge is 0.444 e. The Hall–Kier alpha value is -1.93. The molecule has 0 bridgehead atoms. The Morgan fingerprint density at radius 2 is 1.89 bits per heavy atom. The third-order valence-electron chi connectivity index (χ3n) is 8.30. The highest BCUT2D eigenvalue weighted by atomic mass is 32.1. The lowest BCUT2D eigenvalue weighted by molar-refractivity contribution is -0.0610. The number of thiophene rings is 1. The van der Waals surface area contributed by atoms with Crippen LogP contribution in [0.5, 0.6) is 0 Å². The molecule has 0 N–H and O–H groups in total. The van der Waals surface area contributed by atoms with E-state index in [1.807, 2.05) is 25.7 Å². The SMILES string of the molecule is CCc1cc2c(N3CCC4(C3)CN([C@H](C(C)C)C3CCN(C(=O)OC(C)(C)C)CC3)C4)ncnc2s1. The van der Waals surface area contributed by atoms with Gasteiger partial charge in [0.1, 0.15) is 22.6 Å². The summed E-state index contributed by atoms with van der Waals surface area (Å²) < 4.78 is 5.61. The number of hydrogen-bond donors (Lipinski definition) is 0. The molecule has 0 unspecified atom stereocenters. The molecule has 0 radical (unpaired) electrons. The Kier molecular flexibility index (Phi) is 6.96. The van der Waals surface area contributed by atoms with Crippen LogP contribution in [0.15, 0.2) is 12.4 Å². The number of carbonyl (C=O) groups excluding carboxylic acids is 1. The number of fused-ring (bicyclic) bond motifs is 1. The molecule has 3 aliphatic heterocycles. The smallest absolute Gasteiger partial charge is 0.410 e. The zero-order valence-electron chi connectivity index (χ0n) is 22.9. The predicted octanol–water partition coefficient (Wildman–Crippen LogP) is 5.44. The highest BCUT2D eigenvalue weighted by molar-refractivity contribution is 7.18. The highest BCUT2D eigenvalue weighted by Gasteiger charge is 2.51. The minimum absolute atomic E-state index is 0.161. The Morgan fingerprint density at radius 1 is 1.17 bits per heavy atom. The normalized spacial score (nSPS) is 22.0. The second kappa shape index (κ2) is 9.75. The lowest BCUT2D eigenvalue weighted by Gasteiger charge is -2.55. The minimum atomic E-state index is -0.436. The molecule has 3 aliphatic rings. The zero-order valence-corrected chi connectivity index (χ0v) is 23.7. The van der Waals surface area contributed by atoms with Gasteiger partial charge in [0.15, 0.2) is 0 Å². The maximum Gasteiger partial charge on any atom is 0.410 e. The Bertz CT molecular complexity index is 1080. The van der Waals surface area contributed by atoms with E-state index in [2.05, 4.69) is 41.6 Å². The van der Waals surface area contributed by atoms with Crippen molar-refractivity contribution in [2.24, 2.45) is 17.3 Å². The van der Waals surface area contributed by atoms with Crippen molar-refractivity contribution in [3.63, 3.8) is 0 Å². The fourth-order valence-electron chi connectivity index (χ4n) is 6.73. The van der Waals surface area contributed by atoms with Gasteiger partial charge in [0.25, 0.3) is 0 Å². The fraction of sp³-hybridized carbons (Fsp3) is 0.750. The minimum Gasteiger partial charge on any atom is -0.444 e. The first kappa shape index (κ1) is 25.7. The molecule has 1 spiro atoms. The van der Waals surface area contributed by atoms with Crippen LogP contribution in [0.25, 0.3) is 10.2 Å². The molecule has 0 aliphatic carbocycles. The van der Waals surface area contributed by atoms with Crippen molar-refractivity contribution in [1.29, 1.82) is 0 Å². The second-order valence-corrected chi connectivity index (χ2v) is 13.7. The van der Waals surface area contributed by atoms with Gasteiger partial charge in [0.2, 0.25) is 0 Å². The van der Waals surface area contributed by atoms with Crippen LogP contribution in [-0.2, 0) is 11.2 Å². The van der Waals surface area contributed by atoms with Crippen molar-refractivity contribution in [3.05, 3.63) is 17.3 Å². The summed E-state index contributed by atoms with van der Waals surface area (Å²) in [6.45, 7) is 18.9. The fourth-order valence-corrected chi connectivity index (χ4v) is 7.66. The molecule has 8 heteroatoms. The molecule has 5 rings (SSSR count). The monoisotopic (exact) mass is 513 g/mol. The number of likely N-dealkylation sites (tertiary alicyclic amines) is 2. The van der Waals surface area contributed by atoms with E-state index in [1.165, 1.54) is 29.8 Å². The van der Waals surface area contributed by atoms with Crippen LogP contribution >= 0.6 is 11.3 Å². The summed E-state index contributed by atoms with van der Waals surface area (Å²) in [6.07, 6.45) is 5.99. The predicted molar refractivity (Wildman–Crippen MR) is 147 cm³/mol. The van der Waals surface area contributed by atoms with Crippen molar-refractivity contribution >= 4 is 33.5 Å². The molecule has 3 fully saturated rings. The van der Waals surface area contributed by atoms with E-state index in [-0.39, 0.29) is 6.09 Å². The molecule has 2 aromatic heterocycles. The number of anilines is 1. The summed E-state index contributed by atoms with van der Waals surface area (Å²) in [6, 6.07) is 2.88. The van der Waals surface area contributed by atoms with Gasteiger partial charge >= 0.3 is 6.09 Å². The lowest BCUT2D eigenvalue weighted by Crippen LogP contribution is -2.64. The van der Waals surface area contributed by atoms with Crippen molar-refractivity contribution in [2.45, 2.75) is 78.9 Å². The van der Waals surface area contributed by atoms with E-state index in [4.69, 9.17) is 9.72 Å². The van der Waals surface area contributed by atoms with E-state index < -0.39 is 5.60 Å². The van der Waals surface area contributed by atoms with Gasteiger partial charge < -0.3 is 14.5 Å². The van der Waals surface area contributed by atoms with E-state index >= 15 is 0 Å². The molecule has 5 heterocycles. The Balaban J connectivity index is 1.19. The van der Waals surface area contributed by atoms with E-state index in [0.717, 1.165) is 56.1 Å². The van der Waals surface area contributed by atoms with Gasteiger partial charge in [-0.25, -0.2) is 14.8 Å². The standard InChI is InChI=1S/C28H43N5O2S/c1-7-21-14-22-24(29-18-30-25(22)36-21)32-13-10-28(15-32)16-33(17-28)23(19(2)3)20-8-11-31(12-9-20)26(34)35-27(4,5)6/h14,18-20,23H,7-13,15-17H2,1-6H3/t23-/m1/s1. The van der Waals surface area contributed by atoms with Crippen molar-refractivity contribution in [2.75, 3.05) is 44.2 Å². The van der Waals surface area contributed by atoms with Crippen LogP contribution in [0.4, 0.5) is 10.6 Å². The maximum absolute atomic E-state index is 12.5. The summed E-state index contributed by atoms with van der Waals surface area (Å²) in [7, 11) is 0. The number of ether oxygens (including phenoxy) is 1.